The van der Waals surface area contributed by atoms with Gasteiger partial charge < -0.3 is 10.6 Å². The first-order chi connectivity index (χ1) is 10.6. The third-order valence-electron chi connectivity index (χ3n) is 4.25. The van der Waals surface area contributed by atoms with Crippen LogP contribution in [-0.4, -0.2) is 33.8 Å². The lowest BCUT2D eigenvalue weighted by atomic mass is 9.90. The Balaban J connectivity index is 1.69. The molecule has 22 heavy (non-hydrogen) atoms. The maximum Gasteiger partial charge on any atom is 0.225 e. The zero-order chi connectivity index (χ0) is 15.5. The Morgan fingerprint density at radius 2 is 2.32 bits per heavy atom. The average Bonchev–Trinajstić information content (AvgIpc) is 3.16. The first-order valence-electron chi connectivity index (χ1n) is 7.54. The Labute approximate surface area is 129 Å². The molecule has 1 fully saturated rings. The molecule has 1 saturated heterocycles. The summed E-state index contributed by atoms with van der Waals surface area (Å²) >= 11 is 0. The highest BCUT2D eigenvalue weighted by Gasteiger charge is 2.35. The molecule has 3 atom stereocenters. The first kappa shape index (κ1) is 14.7. The van der Waals surface area contributed by atoms with Gasteiger partial charge in [-0.15, -0.1) is 0 Å². The fourth-order valence-corrected chi connectivity index (χ4v) is 2.97. The van der Waals surface area contributed by atoms with Crippen LogP contribution in [-0.2, 0) is 11.8 Å². The molecule has 2 aromatic heterocycles. The smallest absolute Gasteiger partial charge is 0.225 e. The number of amides is 1. The first-order valence-corrected chi connectivity index (χ1v) is 7.54. The summed E-state index contributed by atoms with van der Waals surface area (Å²) in [5, 5.41) is 10.6. The molecule has 116 valence electrons. The van der Waals surface area contributed by atoms with E-state index in [1.54, 1.807) is 17.1 Å². The standard InChI is InChI=1S/C16H21N5O/c1-11(12-4-3-5-17-6-12)20-16(22)15-9-18-8-14(15)13-7-19-21(2)10-13/h3-7,10-11,14-15,18H,8-9H2,1-2H3,(H,20,22)/t11?,14-,15+/m1/s1. The van der Waals surface area contributed by atoms with Crippen molar-refractivity contribution in [2.24, 2.45) is 13.0 Å². The normalized spacial score (nSPS) is 22.5. The van der Waals surface area contributed by atoms with Crippen molar-refractivity contribution >= 4 is 5.91 Å². The van der Waals surface area contributed by atoms with Gasteiger partial charge in [0.05, 0.1) is 18.2 Å². The SMILES string of the molecule is CC(NC(=O)[C@H]1CNC[C@@H]1c1cnn(C)c1)c1cccnc1. The number of nitrogens with one attached hydrogen (secondary N) is 2. The lowest BCUT2D eigenvalue weighted by molar-refractivity contribution is -0.125. The average molecular weight is 299 g/mol. The van der Waals surface area contributed by atoms with Crippen LogP contribution < -0.4 is 10.6 Å². The van der Waals surface area contributed by atoms with Crippen molar-refractivity contribution in [2.45, 2.75) is 18.9 Å². The Morgan fingerprint density at radius 1 is 1.45 bits per heavy atom. The molecule has 0 aliphatic carbocycles. The number of aromatic nitrogens is 3. The highest BCUT2D eigenvalue weighted by atomic mass is 16.2. The van der Waals surface area contributed by atoms with Gasteiger partial charge in [-0.05, 0) is 24.1 Å². The van der Waals surface area contributed by atoms with Crippen LogP contribution in [0.25, 0.3) is 0 Å². The van der Waals surface area contributed by atoms with Crippen LogP contribution in [0.5, 0.6) is 0 Å². The minimum atomic E-state index is -0.0664. The Hall–Kier alpha value is -2.21. The van der Waals surface area contributed by atoms with E-state index in [4.69, 9.17) is 0 Å². The van der Waals surface area contributed by atoms with Gasteiger partial charge in [0.25, 0.3) is 0 Å². The van der Waals surface area contributed by atoms with E-state index in [9.17, 15) is 4.79 Å². The summed E-state index contributed by atoms with van der Waals surface area (Å²) < 4.78 is 1.78. The molecule has 6 nitrogen and oxygen atoms in total. The molecule has 1 aliphatic heterocycles. The summed E-state index contributed by atoms with van der Waals surface area (Å²) in [6.45, 7) is 3.49. The second kappa shape index (κ2) is 6.27. The van der Waals surface area contributed by atoms with Gasteiger partial charge in [-0.2, -0.15) is 5.10 Å². The Kier molecular flexibility index (Phi) is 4.20. The van der Waals surface area contributed by atoms with E-state index >= 15 is 0 Å². The number of carbonyl (C=O) groups excluding carboxylic acids is 1. The Bertz CT molecular complexity index is 639. The molecular formula is C16H21N5O. The van der Waals surface area contributed by atoms with Gasteiger partial charge in [0.1, 0.15) is 0 Å². The van der Waals surface area contributed by atoms with E-state index in [-0.39, 0.29) is 23.8 Å². The predicted molar refractivity (Wildman–Crippen MR) is 83.1 cm³/mol. The highest BCUT2D eigenvalue weighted by molar-refractivity contribution is 5.80. The predicted octanol–water partition coefficient (Wildman–Crippen LogP) is 0.995. The molecular weight excluding hydrogens is 278 g/mol. The van der Waals surface area contributed by atoms with Gasteiger partial charge in [-0.3, -0.25) is 14.5 Å². The summed E-state index contributed by atoms with van der Waals surface area (Å²) in [5.41, 5.74) is 2.13. The summed E-state index contributed by atoms with van der Waals surface area (Å²) in [6.07, 6.45) is 7.36. The van der Waals surface area contributed by atoms with Crippen molar-refractivity contribution in [3.63, 3.8) is 0 Å². The second-order valence-corrected chi connectivity index (χ2v) is 5.84. The molecule has 0 spiro atoms. The molecule has 6 heteroatoms. The minimum Gasteiger partial charge on any atom is -0.349 e. The van der Waals surface area contributed by atoms with Crippen molar-refractivity contribution in [1.29, 1.82) is 0 Å². The third-order valence-corrected chi connectivity index (χ3v) is 4.25. The highest BCUT2D eigenvalue weighted by Crippen LogP contribution is 2.28. The molecule has 0 radical (unpaired) electrons. The zero-order valence-corrected chi connectivity index (χ0v) is 12.9. The monoisotopic (exact) mass is 299 g/mol. The lowest BCUT2D eigenvalue weighted by Gasteiger charge is -2.20. The van der Waals surface area contributed by atoms with E-state index in [0.29, 0.717) is 6.54 Å². The van der Waals surface area contributed by atoms with Gasteiger partial charge in [-0.25, -0.2) is 0 Å². The summed E-state index contributed by atoms with van der Waals surface area (Å²) in [5.74, 6) is 0.188. The van der Waals surface area contributed by atoms with E-state index < -0.39 is 0 Å². The number of rotatable bonds is 4. The maximum absolute atomic E-state index is 12.6. The van der Waals surface area contributed by atoms with E-state index in [1.807, 2.05) is 38.5 Å². The van der Waals surface area contributed by atoms with Crippen molar-refractivity contribution in [3.05, 3.63) is 48.0 Å². The maximum atomic E-state index is 12.6. The number of hydrogen-bond donors (Lipinski definition) is 2. The van der Waals surface area contributed by atoms with Crippen LogP contribution >= 0.6 is 0 Å². The van der Waals surface area contributed by atoms with E-state index in [1.165, 1.54) is 0 Å². The Morgan fingerprint density at radius 3 is 3.00 bits per heavy atom. The van der Waals surface area contributed by atoms with Gasteiger partial charge in [0.15, 0.2) is 0 Å². The molecule has 3 heterocycles. The summed E-state index contributed by atoms with van der Waals surface area (Å²) in [7, 11) is 1.89. The molecule has 3 rings (SSSR count). The molecule has 2 N–H and O–H groups in total. The van der Waals surface area contributed by atoms with E-state index in [0.717, 1.165) is 17.7 Å². The largest absolute Gasteiger partial charge is 0.349 e. The number of hydrogen-bond acceptors (Lipinski definition) is 4. The molecule has 2 aromatic rings. The fraction of sp³-hybridized carbons (Fsp3) is 0.438. The van der Waals surface area contributed by atoms with Crippen LogP contribution in [0.2, 0.25) is 0 Å². The quantitative estimate of drug-likeness (QED) is 0.883. The topological polar surface area (TPSA) is 71.8 Å². The van der Waals surface area contributed by atoms with Crippen molar-refractivity contribution in [2.75, 3.05) is 13.1 Å². The lowest BCUT2D eigenvalue weighted by Crippen LogP contribution is -2.36. The number of aryl methyl sites for hydroxylation is 1. The van der Waals surface area contributed by atoms with Crippen LogP contribution in [0.4, 0.5) is 0 Å². The van der Waals surface area contributed by atoms with Crippen molar-refractivity contribution in [3.8, 4) is 0 Å². The van der Waals surface area contributed by atoms with Crippen LogP contribution in [0.3, 0.4) is 0 Å². The second-order valence-electron chi connectivity index (χ2n) is 5.84. The van der Waals surface area contributed by atoms with Crippen LogP contribution in [0.1, 0.15) is 30.0 Å². The van der Waals surface area contributed by atoms with Gasteiger partial charge in [0, 0.05) is 44.6 Å². The van der Waals surface area contributed by atoms with Crippen LogP contribution in [0, 0.1) is 5.92 Å². The minimum absolute atomic E-state index is 0.0450. The molecule has 0 saturated carbocycles. The number of carbonyl (C=O) groups is 1. The molecule has 1 amide bonds. The summed E-state index contributed by atoms with van der Waals surface area (Å²) in [4.78, 5) is 16.7. The molecule has 1 unspecified atom stereocenters. The third kappa shape index (κ3) is 3.01. The van der Waals surface area contributed by atoms with Crippen LogP contribution in [0.15, 0.2) is 36.9 Å². The number of nitrogens with zero attached hydrogens (tertiary/aromatic N) is 3. The van der Waals surface area contributed by atoms with E-state index in [2.05, 4.69) is 20.7 Å². The molecule has 0 bridgehead atoms. The summed E-state index contributed by atoms with van der Waals surface area (Å²) in [6, 6.07) is 3.81. The molecule has 1 aliphatic rings. The van der Waals surface area contributed by atoms with Gasteiger partial charge in [0.2, 0.25) is 5.91 Å². The fourth-order valence-electron chi connectivity index (χ4n) is 2.97. The van der Waals surface area contributed by atoms with Gasteiger partial charge >= 0.3 is 0 Å². The van der Waals surface area contributed by atoms with Gasteiger partial charge in [-0.1, -0.05) is 6.07 Å². The van der Waals surface area contributed by atoms with Crippen molar-refractivity contribution in [1.82, 2.24) is 25.4 Å². The zero-order valence-electron chi connectivity index (χ0n) is 12.9. The van der Waals surface area contributed by atoms with Crippen molar-refractivity contribution < 1.29 is 4.79 Å². The molecule has 0 aromatic carbocycles. The number of pyridine rings is 1.